The van der Waals surface area contributed by atoms with E-state index in [0.717, 1.165) is 53.8 Å². The molecule has 0 atom stereocenters. The third kappa shape index (κ3) is 7.14. The van der Waals surface area contributed by atoms with Crippen molar-refractivity contribution < 1.29 is 14.3 Å². The summed E-state index contributed by atoms with van der Waals surface area (Å²) in [6, 6.07) is 21.4. The number of carbonyl (C=O) groups is 1. The molecule has 3 rings (SSSR count). The van der Waals surface area contributed by atoms with Gasteiger partial charge in [0.1, 0.15) is 5.82 Å². The lowest BCUT2D eigenvalue weighted by Gasteiger charge is -2.13. The van der Waals surface area contributed by atoms with Crippen LogP contribution in [-0.2, 0) is 11.2 Å². The summed E-state index contributed by atoms with van der Waals surface area (Å²) >= 11 is 1.52. The fourth-order valence-electron chi connectivity index (χ4n) is 3.46. The van der Waals surface area contributed by atoms with Crippen molar-refractivity contribution in [1.29, 1.82) is 0 Å². The van der Waals surface area contributed by atoms with Gasteiger partial charge in [-0.2, -0.15) is 0 Å². The molecule has 0 radical (unpaired) electrons. The Morgan fingerprint density at radius 1 is 0.968 bits per heavy atom. The van der Waals surface area contributed by atoms with Gasteiger partial charge >= 0.3 is 5.97 Å². The van der Waals surface area contributed by atoms with E-state index in [0.29, 0.717) is 5.56 Å². The maximum atomic E-state index is 14.5. The molecular weight excluding hydrogens is 409 g/mol. The van der Waals surface area contributed by atoms with Gasteiger partial charge in [0.2, 0.25) is 0 Å². The molecule has 31 heavy (non-hydrogen) atoms. The first kappa shape index (κ1) is 22.9. The van der Waals surface area contributed by atoms with E-state index >= 15 is 0 Å². The summed E-state index contributed by atoms with van der Waals surface area (Å²) in [7, 11) is 0. The molecule has 0 saturated carbocycles. The van der Waals surface area contributed by atoms with Crippen LogP contribution >= 0.6 is 11.9 Å². The van der Waals surface area contributed by atoms with Crippen LogP contribution in [-0.4, -0.2) is 11.1 Å². The van der Waals surface area contributed by atoms with Gasteiger partial charge in [0, 0.05) is 22.6 Å². The number of carboxylic acid groups (broad SMARTS) is 1. The van der Waals surface area contributed by atoms with Crippen molar-refractivity contribution in [2.24, 2.45) is 0 Å². The maximum absolute atomic E-state index is 14.5. The van der Waals surface area contributed by atoms with Gasteiger partial charge in [0.05, 0.1) is 0 Å². The Morgan fingerprint density at radius 2 is 1.74 bits per heavy atom. The Kier molecular flexibility index (Phi) is 8.53. The Hall–Kier alpha value is -2.79. The van der Waals surface area contributed by atoms with E-state index < -0.39 is 5.97 Å². The number of aryl methyl sites for hydroxylation is 2. The lowest BCUT2D eigenvalue weighted by atomic mass is 10.0. The fraction of sp³-hybridized carbons (Fsp3) is 0.269. The molecule has 0 bridgehead atoms. The monoisotopic (exact) mass is 437 g/mol. The summed E-state index contributed by atoms with van der Waals surface area (Å²) < 4.78 is 17.9. The summed E-state index contributed by atoms with van der Waals surface area (Å²) in [6.07, 6.45) is 5.04. The first-order valence-corrected chi connectivity index (χ1v) is 11.4. The number of hydrogen-bond donors (Lipinski definition) is 2. The fourth-order valence-corrected chi connectivity index (χ4v) is 4.26. The summed E-state index contributed by atoms with van der Waals surface area (Å²) in [5.74, 6) is -0.936. The van der Waals surface area contributed by atoms with E-state index in [1.54, 1.807) is 6.07 Å². The Morgan fingerprint density at radius 3 is 2.52 bits per heavy atom. The van der Waals surface area contributed by atoms with Gasteiger partial charge in [-0.3, -0.25) is 4.79 Å². The summed E-state index contributed by atoms with van der Waals surface area (Å²) in [5.41, 5.74) is 4.48. The highest BCUT2D eigenvalue weighted by Gasteiger charge is 2.10. The Bertz CT molecular complexity index is 1010. The second-order valence-corrected chi connectivity index (χ2v) is 8.55. The van der Waals surface area contributed by atoms with E-state index in [-0.39, 0.29) is 12.2 Å². The van der Waals surface area contributed by atoms with Gasteiger partial charge in [0.25, 0.3) is 0 Å². The van der Waals surface area contributed by atoms with Crippen molar-refractivity contribution in [3.63, 3.8) is 0 Å². The summed E-state index contributed by atoms with van der Waals surface area (Å²) in [5, 5.41) is 8.69. The van der Waals surface area contributed by atoms with Crippen molar-refractivity contribution in [1.82, 2.24) is 0 Å². The van der Waals surface area contributed by atoms with E-state index in [1.807, 2.05) is 43.3 Å². The molecule has 3 aromatic carbocycles. The summed E-state index contributed by atoms with van der Waals surface area (Å²) in [4.78, 5) is 11.7. The molecule has 0 spiro atoms. The number of halogens is 1. The van der Waals surface area contributed by atoms with Gasteiger partial charge in [-0.05, 0) is 79.1 Å². The number of hydrogen-bond acceptors (Lipinski definition) is 3. The number of aliphatic carboxylic acids is 1. The molecule has 0 fully saturated rings. The molecule has 0 heterocycles. The number of rotatable bonds is 11. The predicted molar refractivity (Wildman–Crippen MR) is 127 cm³/mol. The predicted octanol–water partition coefficient (Wildman–Crippen LogP) is 7.50. The molecule has 0 aliphatic heterocycles. The molecule has 3 nitrogen and oxygen atoms in total. The van der Waals surface area contributed by atoms with Crippen LogP contribution in [0, 0.1) is 12.7 Å². The van der Waals surface area contributed by atoms with Crippen LogP contribution in [0.3, 0.4) is 0 Å². The van der Waals surface area contributed by atoms with Crippen LogP contribution in [0.1, 0.15) is 43.2 Å². The van der Waals surface area contributed by atoms with Crippen LogP contribution in [0.2, 0.25) is 0 Å². The summed E-state index contributed by atoms with van der Waals surface area (Å²) in [6.45, 7) is 1.90. The SMILES string of the molecule is Cc1cc(F)c(-c2ccccc2)cc1NSc1cccc(CCCCCCC(=O)O)c1. The molecule has 0 aliphatic rings. The Balaban J connectivity index is 1.58. The molecule has 0 unspecified atom stereocenters. The van der Waals surface area contributed by atoms with Gasteiger partial charge in [0.15, 0.2) is 0 Å². The van der Waals surface area contributed by atoms with E-state index in [4.69, 9.17) is 5.11 Å². The lowest BCUT2D eigenvalue weighted by molar-refractivity contribution is -0.137. The topological polar surface area (TPSA) is 49.3 Å². The quantitative estimate of drug-likeness (QED) is 0.241. The lowest BCUT2D eigenvalue weighted by Crippen LogP contribution is -1.95. The minimum Gasteiger partial charge on any atom is -0.481 e. The average Bonchev–Trinajstić information content (AvgIpc) is 2.76. The van der Waals surface area contributed by atoms with Gasteiger partial charge in [-0.1, -0.05) is 55.3 Å². The third-order valence-corrected chi connectivity index (χ3v) is 5.99. The van der Waals surface area contributed by atoms with E-state index in [2.05, 4.69) is 29.0 Å². The first-order chi connectivity index (χ1) is 15.0. The van der Waals surface area contributed by atoms with Crippen molar-refractivity contribution in [3.8, 4) is 11.1 Å². The largest absolute Gasteiger partial charge is 0.481 e. The van der Waals surface area contributed by atoms with Crippen molar-refractivity contribution >= 4 is 23.6 Å². The van der Waals surface area contributed by atoms with Crippen LogP contribution in [0.4, 0.5) is 10.1 Å². The second-order valence-electron chi connectivity index (χ2n) is 7.67. The molecule has 3 aromatic rings. The molecule has 0 saturated heterocycles. The van der Waals surface area contributed by atoms with Crippen LogP contribution in [0.15, 0.2) is 71.6 Å². The third-order valence-electron chi connectivity index (χ3n) is 5.18. The normalized spacial score (nSPS) is 10.8. The number of benzene rings is 3. The van der Waals surface area contributed by atoms with Crippen LogP contribution in [0.25, 0.3) is 11.1 Å². The second kappa shape index (κ2) is 11.6. The van der Waals surface area contributed by atoms with Gasteiger partial charge in [-0.15, -0.1) is 0 Å². The van der Waals surface area contributed by atoms with E-state index in [9.17, 15) is 9.18 Å². The molecule has 5 heteroatoms. The molecule has 162 valence electrons. The number of carboxylic acids is 1. The van der Waals surface area contributed by atoms with Crippen molar-refractivity contribution in [3.05, 3.63) is 83.7 Å². The van der Waals surface area contributed by atoms with E-state index in [1.165, 1.54) is 17.5 Å². The number of nitrogens with one attached hydrogen (secondary N) is 1. The highest BCUT2D eigenvalue weighted by Crippen LogP contribution is 2.31. The van der Waals surface area contributed by atoms with Crippen LogP contribution < -0.4 is 4.72 Å². The van der Waals surface area contributed by atoms with Crippen molar-refractivity contribution in [2.75, 3.05) is 4.72 Å². The maximum Gasteiger partial charge on any atom is 0.303 e. The first-order valence-electron chi connectivity index (χ1n) is 10.6. The molecule has 0 amide bonds. The van der Waals surface area contributed by atoms with Crippen molar-refractivity contribution in [2.45, 2.75) is 50.3 Å². The average molecular weight is 438 g/mol. The smallest absolute Gasteiger partial charge is 0.303 e. The highest BCUT2D eigenvalue weighted by molar-refractivity contribution is 8.00. The zero-order valence-corrected chi connectivity index (χ0v) is 18.6. The van der Waals surface area contributed by atoms with Gasteiger partial charge < -0.3 is 9.83 Å². The number of unbranched alkanes of at least 4 members (excludes halogenated alkanes) is 3. The molecule has 2 N–H and O–H groups in total. The highest BCUT2D eigenvalue weighted by atomic mass is 32.2. The Labute approximate surface area is 187 Å². The molecule has 0 aliphatic carbocycles. The minimum atomic E-state index is -0.718. The van der Waals surface area contributed by atoms with Crippen LogP contribution in [0.5, 0.6) is 0 Å². The zero-order valence-electron chi connectivity index (χ0n) is 17.7. The molecular formula is C26H28FNO2S. The minimum absolute atomic E-state index is 0.218. The zero-order chi connectivity index (χ0) is 22.1. The standard InChI is InChI=1S/C26H28FNO2S/c1-19-16-24(27)23(21-12-6-4-7-13-21)18-25(19)28-31-22-14-9-11-20(17-22)10-5-2-3-8-15-26(29)30/h4,6-7,9,11-14,16-18,28H,2-3,5,8,10,15H2,1H3,(H,29,30). The molecule has 0 aromatic heterocycles. The number of anilines is 1. The van der Waals surface area contributed by atoms with Gasteiger partial charge in [-0.25, -0.2) is 4.39 Å².